The first-order valence-electron chi connectivity index (χ1n) is 16.8. The summed E-state index contributed by atoms with van der Waals surface area (Å²) in [5.41, 5.74) is 0. The Labute approximate surface area is 263 Å². The average molecular weight is 634 g/mol. The number of sulfonamides is 1. The zero-order valence-electron chi connectivity index (χ0n) is 28.4. The van der Waals surface area contributed by atoms with Crippen molar-refractivity contribution in [1.29, 1.82) is 0 Å². The molecule has 10 nitrogen and oxygen atoms in total. The molecule has 0 fully saturated rings. The summed E-state index contributed by atoms with van der Waals surface area (Å²) in [6, 6.07) is -0.851. The van der Waals surface area contributed by atoms with Crippen molar-refractivity contribution >= 4 is 27.9 Å². The van der Waals surface area contributed by atoms with E-state index in [4.69, 9.17) is 4.74 Å². The van der Waals surface area contributed by atoms with Crippen molar-refractivity contribution in [3.8, 4) is 0 Å². The van der Waals surface area contributed by atoms with Gasteiger partial charge in [-0.1, -0.05) is 103 Å². The molecule has 2 N–H and O–H groups in total. The maximum Gasteiger partial charge on any atom is 0.407 e. The summed E-state index contributed by atoms with van der Waals surface area (Å²) in [5, 5.41) is 5.31. The molecule has 0 rings (SSSR count). The molecule has 0 radical (unpaired) electrons. The highest BCUT2D eigenvalue weighted by Gasteiger charge is 2.29. The van der Waals surface area contributed by atoms with Gasteiger partial charge >= 0.3 is 6.09 Å². The van der Waals surface area contributed by atoms with Gasteiger partial charge in [0.2, 0.25) is 21.8 Å². The van der Waals surface area contributed by atoms with Gasteiger partial charge in [0, 0.05) is 26.8 Å². The number of hydrogen-bond donors (Lipinski definition) is 2. The Morgan fingerprint density at radius 3 is 1.63 bits per heavy atom. The number of nitrogens with zero attached hydrogens (tertiary/aromatic N) is 2. The Hall–Kier alpha value is -1.88. The van der Waals surface area contributed by atoms with E-state index in [-0.39, 0.29) is 18.9 Å². The van der Waals surface area contributed by atoms with Gasteiger partial charge < -0.3 is 19.9 Å². The highest BCUT2D eigenvalue weighted by atomic mass is 32.2. The van der Waals surface area contributed by atoms with Crippen molar-refractivity contribution < 1.29 is 32.0 Å². The molecule has 43 heavy (non-hydrogen) atoms. The molecule has 0 heterocycles. The number of rotatable bonds is 27. The number of ether oxygens (including phenoxy) is 1. The summed E-state index contributed by atoms with van der Waals surface area (Å²) in [7, 11) is 2.00. The summed E-state index contributed by atoms with van der Waals surface area (Å²) in [6.45, 7) is 5.29. The second-order valence-corrected chi connectivity index (χ2v) is 15.0. The first-order chi connectivity index (χ1) is 20.3. The molecule has 0 aliphatic heterocycles. The molecule has 0 aromatic carbocycles. The summed E-state index contributed by atoms with van der Waals surface area (Å²) >= 11 is 0. The van der Waals surface area contributed by atoms with E-state index in [0.29, 0.717) is 24.0 Å². The topological polar surface area (TPSA) is 122 Å². The number of nitrogens with one attached hydrogen (secondary N) is 2. The van der Waals surface area contributed by atoms with Crippen molar-refractivity contribution in [2.45, 2.75) is 136 Å². The third kappa shape index (κ3) is 25.2. The van der Waals surface area contributed by atoms with E-state index in [2.05, 4.69) is 17.6 Å². The van der Waals surface area contributed by atoms with Crippen LogP contribution in [0.15, 0.2) is 0 Å². The van der Waals surface area contributed by atoms with E-state index in [1.165, 1.54) is 97.3 Å². The first-order valence-corrected chi connectivity index (χ1v) is 18.4. The lowest BCUT2D eigenvalue weighted by Gasteiger charge is -2.28. The molecule has 0 saturated carbocycles. The van der Waals surface area contributed by atoms with Crippen LogP contribution in [0.5, 0.6) is 0 Å². The molecular formula is C32H65N4O6S+. The minimum absolute atomic E-state index is 0.185. The molecule has 3 amide bonds. The molecule has 0 aromatic rings. The van der Waals surface area contributed by atoms with Gasteiger partial charge in [-0.2, -0.15) is 0 Å². The van der Waals surface area contributed by atoms with Crippen LogP contribution >= 0.6 is 0 Å². The van der Waals surface area contributed by atoms with Crippen LogP contribution < -0.4 is 10.6 Å². The fourth-order valence-corrected chi connectivity index (χ4v) is 6.50. The molecule has 1 atom stereocenters. The van der Waals surface area contributed by atoms with E-state index < -0.39 is 34.0 Å². The number of carbonyl (C=O) groups excluding carboxylic acids is 3. The lowest BCUT2D eigenvalue weighted by molar-refractivity contribution is -0.870. The van der Waals surface area contributed by atoms with E-state index in [9.17, 15) is 22.8 Å². The van der Waals surface area contributed by atoms with Gasteiger partial charge in [0.15, 0.2) is 0 Å². The molecule has 11 heteroatoms. The molecule has 0 bridgehead atoms. The highest BCUT2D eigenvalue weighted by Crippen LogP contribution is 2.14. The molecule has 0 aliphatic rings. The largest absolute Gasteiger partial charge is 0.447 e. The van der Waals surface area contributed by atoms with E-state index in [1.807, 2.05) is 21.1 Å². The zero-order valence-corrected chi connectivity index (χ0v) is 29.2. The van der Waals surface area contributed by atoms with Crippen LogP contribution in [0.1, 0.15) is 130 Å². The summed E-state index contributed by atoms with van der Waals surface area (Å²) in [6.07, 6.45) is 20.3. The zero-order chi connectivity index (χ0) is 32.6. The Morgan fingerprint density at radius 2 is 1.21 bits per heavy atom. The Bertz CT molecular complexity index is 860. The molecule has 0 spiro atoms. The number of hydrogen-bond acceptors (Lipinski definition) is 6. The molecule has 0 aliphatic carbocycles. The van der Waals surface area contributed by atoms with Crippen LogP contribution in [-0.2, 0) is 24.3 Å². The normalized spacial score (nSPS) is 12.5. The predicted octanol–water partition coefficient (Wildman–Crippen LogP) is 5.75. The van der Waals surface area contributed by atoms with Crippen LogP contribution in [0.2, 0.25) is 0 Å². The molecular weight excluding hydrogens is 568 g/mol. The lowest BCUT2D eigenvalue weighted by atomic mass is 10.0. The van der Waals surface area contributed by atoms with E-state index >= 15 is 0 Å². The van der Waals surface area contributed by atoms with Gasteiger partial charge in [-0.05, 0) is 6.42 Å². The molecule has 1 unspecified atom stereocenters. The van der Waals surface area contributed by atoms with E-state index in [1.54, 1.807) is 0 Å². The lowest BCUT2D eigenvalue weighted by Crippen LogP contribution is -2.50. The Balaban J connectivity index is 4.16. The third-order valence-corrected chi connectivity index (χ3v) is 9.31. The molecule has 254 valence electrons. The van der Waals surface area contributed by atoms with Gasteiger partial charge in [0.05, 0.1) is 46.0 Å². The van der Waals surface area contributed by atoms with Crippen LogP contribution in [0.3, 0.4) is 0 Å². The van der Waals surface area contributed by atoms with Crippen LogP contribution in [0.4, 0.5) is 4.79 Å². The highest BCUT2D eigenvalue weighted by molar-refractivity contribution is 7.89. The average Bonchev–Trinajstić information content (AvgIpc) is 2.90. The van der Waals surface area contributed by atoms with Crippen molar-refractivity contribution in [3.63, 3.8) is 0 Å². The minimum atomic E-state index is -3.89. The minimum Gasteiger partial charge on any atom is -0.447 e. The first kappa shape index (κ1) is 41.1. The summed E-state index contributed by atoms with van der Waals surface area (Å²) in [4.78, 5) is 36.1. The fourth-order valence-electron chi connectivity index (χ4n) is 4.99. The van der Waals surface area contributed by atoms with Gasteiger partial charge in [-0.3, -0.25) is 9.59 Å². The standard InChI is InChI=1S/C32H64N4O6S/c1-7-8-9-10-11-12-13-14-15-16-17-18-19-20-21-22-24-33-32(39)42-28-31(34-29(2)37)27-35(30(3)38)43(40,41)26-23-25-36(4,5)6/h31H,7-28H2,1-6H3,(H-,33,34,37,39)/p+1. The van der Waals surface area contributed by atoms with Crippen molar-refractivity contribution in [2.75, 3.05) is 53.1 Å². The van der Waals surface area contributed by atoms with Gasteiger partial charge in [0.1, 0.15) is 6.61 Å². The number of amides is 3. The fraction of sp³-hybridized carbons (Fsp3) is 0.906. The number of alkyl carbamates (subject to hydrolysis) is 1. The summed E-state index contributed by atoms with van der Waals surface area (Å²) < 4.78 is 32.4. The van der Waals surface area contributed by atoms with Crippen molar-refractivity contribution in [1.82, 2.24) is 14.9 Å². The van der Waals surface area contributed by atoms with Crippen molar-refractivity contribution in [3.05, 3.63) is 0 Å². The molecule has 0 saturated heterocycles. The van der Waals surface area contributed by atoms with Crippen molar-refractivity contribution in [2.24, 2.45) is 0 Å². The van der Waals surface area contributed by atoms with Gasteiger partial charge in [-0.15, -0.1) is 0 Å². The quantitative estimate of drug-likeness (QED) is 0.0877. The smallest absolute Gasteiger partial charge is 0.407 e. The number of unbranched alkanes of at least 4 members (excludes halogenated alkanes) is 15. The molecule has 0 aromatic heterocycles. The monoisotopic (exact) mass is 633 g/mol. The van der Waals surface area contributed by atoms with Gasteiger partial charge in [0.25, 0.3) is 0 Å². The van der Waals surface area contributed by atoms with Crippen LogP contribution in [0, 0.1) is 0 Å². The Morgan fingerprint density at radius 1 is 0.744 bits per heavy atom. The second kappa shape index (κ2) is 24.4. The van der Waals surface area contributed by atoms with Crippen LogP contribution in [-0.4, -0.2) is 94.3 Å². The van der Waals surface area contributed by atoms with Gasteiger partial charge in [-0.25, -0.2) is 17.5 Å². The Kier molecular flexibility index (Phi) is 23.4. The number of quaternary nitrogens is 1. The SMILES string of the molecule is CCCCCCCCCCCCCCCCCCNC(=O)OCC(CN(C(C)=O)S(=O)(=O)CCC[N+](C)(C)C)NC(C)=O. The predicted molar refractivity (Wildman–Crippen MR) is 175 cm³/mol. The third-order valence-electron chi connectivity index (χ3n) is 7.43. The maximum absolute atomic E-state index is 12.9. The summed E-state index contributed by atoms with van der Waals surface area (Å²) in [5.74, 6) is -1.24. The maximum atomic E-state index is 12.9. The second-order valence-electron chi connectivity index (χ2n) is 13.0. The van der Waals surface area contributed by atoms with E-state index in [0.717, 1.165) is 23.6 Å². The van der Waals surface area contributed by atoms with Crippen LogP contribution in [0.25, 0.3) is 0 Å². The number of carbonyl (C=O) groups is 3.